The monoisotopic (exact) mass is 436 g/mol. The zero-order valence-corrected chi connectivity index (χ0v) is 17.0. The average molecular weight is 437 g/mol. The fourth-order valence-corrected chi connectivity index (χ4v) is 2.90. The summed E-state index contributed by atoms with van der Waals surface area (Å²) < 4.78 is 6.43. The number of hydrogen-bond acceptors (Lipinski definition) is 6. The molecule has 152 valence electrons. The van der Waals surface area contributed by atoms with Crippen LogP contribution in [0, 0.1) is 0 Å². The maximum Gasteiger partial charge on any atom is 0.293 e. The molecule has 0 aliphatic heterocycles. The number of halogens is 2. The molecule has 0 unspecified atom stereocenters. The van der Waals surface area contributed by atoms with Crippen molar-refractivity contribution in [2.75, 3.05) is 6.54 Å². The van der Waals surface area contributed by atoms with Crippen LogP contribution in [0.25, 0.3) is 11.4 Å². The third kappa shape index (κ3) is 4.96. The van der Waals surface area contributed by atoms with Crippen LogP contribution in [0.2, 0.25) is 10.0 Å². The minimum atomic E-state index is -0.619. The molecular formula is C19H18Cl2N4O4. The van der Waals surface area contributed by atoms with E-state index in [1.54, 1.807) is 18.2 Å². The second-order valence-corrected chi connectivity index (χ2v) is 7.16. The van der Waals surface area contributed by atoms with E-state index in [1.165, 1.54) is 23.9 Å². The summed E-state index contributed by atoms with van der Waals surface area (Å²) in [6.45, 7) is 0.376. The highest BCUT2D eigenvalue weighted by atomic mass is 35.5. The van der Waals surface area contributed by atoms with Gasteiger partial charge in [0.1, 0.15) is 0 Å². The fraction of sp³-hybridized carbons (Fsp3) is 0.263. The molecule has 0 saturated heterocycles. The fourth-order valence-electron chi connectivity index (χ4n) is 2.61. The molecule has 29 heavy (non-hydrogen) atoms. The summed E-state index contributed by atoms with van der Waals surface area (Å²) in [7, 11) is 1.49. The molecular weight excluding hydrogens is 419 g/mol. The van der Waals surface area contributed by atoms with Gasteiger partial charge in [0.25, 0.3) is 11.5 Å². The van der Waals surface area contributed by atoms with E-state index < -0.39 is 17.2 Å². The number of pyridine rings is 1. The molecule has 0 aliphatic carbocycles. The molecule has 8 nitrogen and oxygen atoms in total. The zero-order chi connectivity index (χ0) is 21.0. The number of nitrogens with zero attached hydrogens (tertiary/aromatic N) is 3. The molecule has 1 amide bonds. The van der Waals surface area contributed by atoms with E-state index in [4.69, 9.17) is 27.7 Å². The first-order valence-corrected chi connectivity index (χ1v) is 9.57. The van der Waals surface area contributed by atoms with E-state index in [2.05, 4.69) is 15.5 Å². The number of carbonyl (C=O) groups excluding carboxylic acids is 1. The summed E-state index contributed by atoms with van der Waals surface area (Å²) in [4.78, 5) is 28.1. The number of benzene rings is 1. The van der Waals surface area contributed by atoms with Gasteiger partial charge in [-0.1, -0.05) is 28.4 Å². The molecule has 10 heteroatoms. The first kappa shape index (κ1) is 20.9. The molecule has 2 N–H and O–H groups in total. The molecule has 1 aromatic carbocycles. The second-order valence-electron chi connectivity index (χ2n) is 6.35. The highest BCUT2D eigenvalue weighted by Gasteiger charge is 2.14. The first-order valence-electron chi connectivity index (χ1n) is 8.81. The van der Waals surface area contributed by atoms with Crippen molar-refractivity contribution < 1.29 is 14.4 Å². The Labute approximate surface area is 176 Å². The summed E-state index contributed by atoms with van der Waals surface area (Å²) in [5.74, 6) is -0.164. The van der Waals surface area contributed by atoms with Crippen LogP contribution in [0.15, 0.2) is 39.8 Å². The minimum Gasteiger partial charge on any atom is -0.502 e. The van der Waals surface area contributed by atoms with E-state index >= 15 is 0 Å². The van der Waals surface area contributed by atoms with Crippen LogP contribution in [0.1, 0.15) is 29.1 Å². The van der Waals surface area contributed by atoms with E-state index in [0.29, 0.717) is 53.1 Å². The predicted molar refractivity (Wildman–Crippen MR) is 108 cm³/mol. The lowest BCUT2D eigenvalue weighted by atomic mass is 10.2. The van der Waals surface area contributed by atoms with Gasteiger partial charge in [-0.15, -0.1) is 0 Å². The van der Waals surface area contributed by atoms with Gasteiger partial charge in [-0.3, -0.25) is 9.59 Å². The Morgan fingerprint density at radius 1 is 1.24 bits per heavy atom. The average Bonchev–Trinajstić information content (AvgIpc) is 3.17. The van der Waals surface area contributed by atoms with Crippen molar-refractivity contribution in [3.05, 3.63) is 62.3 Å². The van der Waals surface area contributed by atoms with Gasteiger partial charge in [0.15, 0.2) is 5.75 Å². The number of aryl methyl sites for hydroxylation is 2. The van der Waals surface area contributed by atoms with Crippen LogP contribution in [0.4, 0.5) is 0 Å². The normalized spacial score (nSPS) is 10.9. The van der Waals surface area contributed by atoms with Crippen molar-refractivity contribution in [2.24, 2.45) is 7.05 Å². The summed E-state index contributed by atoms with van der Waals surface area (Å²) in [5.41, 5.74) is 0.0403. The Balaban J connectivity index is 1.47. The Kier molecular flexibility index (Phi) is 6.56. The highest BCUT2D eigenvalue weighted by molar-refractivity contribution is 6.42. The number of unbranched alkanes of at least 4 members (excludes halogenated alkanes) is 1. The molecule has 3 aromatic rings. The highest BCUT2D eigenvalue weighted by Crippen LogP contribution is 2.27. The number of rotatable bonds is 7. The molecule has 2 aromatic heterocycles. The topological polar surface area (TPSA) is 110 Å². The van der Waals surface area contributed by atoms with Gasteiger partial charge in [0, 0.05) is 31.8 Å². The van der Waals surface area contributed by atoms with Crippen molar-refractivity contribution in [3.63, 3.8) is 0 Å². The van der Waals surface area contributed by atoms with Gasteiger partial charge in [-0.05, 0) is 37.1 Å². The number of amides is 1. The van der Waals surface area contributed by atoms with Gasteiger partial charge in [0.05, 0.1) is 15.6 Å². The molecule has 0 bridgehead atoms. The lowest BCUT2D eigenvalue weighted by Crippen LogP contribution is -2.27. The van der Waals surface area contributed by atoms with Crippen LogP contribution >= 0.6 is 23.2 Å². The Morgan fingerprint density at radius 3 is 2.79 bits per heavy atom. The summed E-state index contributed by atoms with van der Waals surface area (Å²) in [6, 6.07) is 6.48. The smallest absolute Gasteiger partial charge is 0.293 e. The number of hydrogen-bond donors (Lipinski definition) is 2. The first-order chi connectivity index (χ1) is 13.9. The lowest BCUT2D eigenvalue weighted by Gasteiger charge is -2.07. The van der Waals surface area contributed by atoms with Crippen molar-refractivity contribution >= 4 is 29.1 Å². The number of carbonyl (C=O) groups is 1. The standard InChI is InChI=1S/C19H18Cl2N4O4/c1-25-9-7-12(16(26)19(25)28)18(27)22-8-3-2-4-15-23-17(24-29-15)11-5-6-13(20)14(21)10-11/h5-7,9-10,26H,2-4,8H2,1H3,(H,22,27). The molecule has 3 rings (SSSR count). The van der Waals surface area contributed by atoms with Gasteiger partial charge >= 0.3 is 0 Å². The molecule has 0 radical (unpaired) electrons. The van der Waals surface area contributed by atoms with Crippen LogP contribution in [-0.2, 0) is 13.5 Å². The maximum absolute atomic E-state index is 12.1. The van der Waals surface area contributed by atoms with Crippen molar-refractivity contribution in [3.8, 4) is 17.1 Å². The third-order valence-electron chi connectivity index (χ3n) is 4.24. The maximum atomic E-state index is 12.1. The number of aromatic hydroxyl groups is 1. The Hall–Kier alpha value is -2.84. The number of nitrogens with one attached hydrogen (secondary N) is 1. The zero-order valence-electron chi connectivity index (χ0n) is 15.5. The van der Waals surface area contributed by atoms with E-state index in [1.807, 2.05) is 0 Å². The van der Waals surface area contributed by atoms with Gasteiger partial charge in [-0.25, -0.2) is 0 Å². The van der Waals surface area contributed by atoms with Crippen molar-refractivity contribution in [1.29, 1.82) is 0 Å². The molecule has 0 saturated carbocycles. The quantitative estimate of drug-likeness (QED) is 0.550. The van der Waals surface area contributed by atoms with Crippen LogP contribution < -0.4 is 10.9 Å². The van der Waals surface area contributed by atoms with Crippen LogP contribution in [0.5, 0.6) is 5.75 Å². The summed E-state index contributed by atoms with van der Waals surface area (Å²) in [6.07, 6.45) is 3.33. The van der Waals surface area contributed by atoms with Crippen molar-refractivity contribution in [2.45, 2.75) is 19.3 Å². The second kappa shape index (κ2) is 9.11. The van der Waals surface area contributed by atoms with Gasteiger partial charge < -0.3 is 19.5 Å². The van der Waals surface area contributed by atoms with E-state index in [-0.39, 0.29) is 5.56 Å². The third-order valence-corrected chi connectivity index (χ3v) is 4.98. The molecule has 0 spiro atoms. The van der Waals surface area contributed by atoms with Gasteiger partial charge in [-0.2, -0.15) is 4.98 Å². The largest absolute Gasteiger partial charge is 0.502 e. The van der Waals surface area contributed by atoms with Crippen molar-refractivity contribution in [1.82, 2.24) is 20.0 Å². The summed E-state index contributed by atoms with van der Waals surface area (Å²) in [5, 5.41) is 17.3. The van der Waals surface area contributed by atoms with Crippen LogP contribution in [-0.4, -0.2) is 32.3 Å². The Morgan fingerprint density at radius 2 is 2.03 bits per heavy atom. The minimum absolute atomic E-state index is 0.0451. The molecule has 0 atom stereocenters. The van der Waals surface area contributed by atoms with Crippen LogP contribution in [0.3, 0.4) is 0 Å². The summed E-state index contributed by atoms with van der Waals surface area (Å²) >= 11 is 11.9. The molecule has 2 heterocycles. The molecule has 0 fully saturated rings. The van der Waals surface area contributed by atoms with E-state index in [0.717, 1.165) is 0 Å². The predicted octanol–water partition coefficient (Wildman–Crippen LogP) is 3.20. The number of aromatic nitrogens is 3. The molecule has 0 aliphatic rings. The lowest BCUT2D eigenvalue weighted by molar-refractivity contribution is 0.0950. The Bertz CT molecular complexity index is 1090. The van der Waals surface area contributed by atoms with E-state index in [9.17, 15) is 14.7 Å². The SMILES string of the molecule is Cn1ccc(C(=O)NCCCCc2nc(-c3ccc(Cl)c(Cl)c3)no2)c(O)c1=O. The van der Waals surface area contributed by atoms with Gasteiger partial charge in [0.2, 0.25) is 11.7 Å².